The standard InChI is InChI=1S/C29H31BrN6O3/c1-18-14-24(32-19(2)25(18)28(38)39-5)34-12-13-36(29(3,4)17-34)27(37)23-10-9-21-22(30)16-35(26(21)33-23)15-20-8-6-7-11-31-20/h6-11,14,16H,12-13,15,17H2,1-5H3. The van der Waals surface area contributed by atoms with Crippen LogP contribution in [0.4, 0.5) is 5.82 Å². The fourth-order valence-corrected chi connectivity index (χ4v) is 5.83. The number of ether oxygens (including phenoxy) is 1. The number of anilines is 1. The maximum atomic E-state index is 13.8. The second-order valence-corrected chi connectivity index (χ2v) is 11.3. The van der Waals surface area contributed by atoms with Crippen molar-refractivity contribution in [1.82, 2.24) is 24.4 Å². The third-order valence-corrected chi connectivity index (χ3v) is 7.83. The SMILES string of the molecule is COC(=O)c1c(C)cc(N2CCN(C(=O)c3ccc4c(Br)cn(Cc5ccccn5)c4n3)C(C)(C)C2)nc1C. The van der Waals surface area contributed by atoms with E-state index in [0.717, 1.165) is 32.6 Å². The van der Waals surface area contributed by atoms with Gasteiger partial charge in [-0.2, -0.15) is 0 Å². The van der Waals surface area contributed by atoms with E-state index in [1.165, 1.54) is 7.11 Å². The normalized spacial score (nSPS) is 15.0. The topological polar surface area (TPSA) is 93.5 Å². The molecule has 0 aromatic carbocycles. The molecule has 0 aliphatic carbocycles. The molecule has 10 heteroatoms. The molecule has 39 heavy (non-hydrogen) atoms. The highest BCUT2D eigenvalue weighted by atomic mass is 79.9. The summed E-state index contributed by atoms with van der Waals surface area (Å²) in [4.78, 5) is 43.9. The number of halogens is 1. The van der Waals surface area contributed by atoms with Crippen molar-refractivity contribution in [2.24, 2.45) is 0 Å². The van der Waals surface area contributed by atoms with Gasteiger partial charge < -0.3 is 19.1 Å². The number of aromatic nitrogens is 4. The van der Waals surface area contributed by atoms with Crippen LogP contribution < -0.4 is 4.90 Å². The van der Waals surface area contributed by atoms with E-state index >= 15 is 0 Å². The minimum absolute atomic E-state index is 0.107. The fraction of sp³-hybridized carbons (Fsp3) is 0.345. The molecule has 0 N–H and O–H groups in total. The molecule has 1 amide bonds. The van der Waals surface area contributed by atoms with Crippen LogP contribution in [-0.2, 0) is 11.3 Å². The van der Waals surface area contributed by atoms with Gasteiger partial charge in [-0.15, -0.1) is 0 Å². The predicted molar refractivity (Wildman–Crippen MR) is 153 cm³/mol. The Bertz CT molecular complexity index is 1540. The van der Waals surface area contributed by atoms with Gasteiger partial charge in [-0.1, -0.05) is 6.07 Å². The number of rotatable bonds is 5. The van der Waals surface area contributed by atoms with E-state index in [0.29, 0.717) is 43.1 Å². The molecule has 4 aromatic rings. The van der Waals surface area contributed by atoms with Crippen molar-refractivity contribution in [2.75, 3.05) is 31.6 Å². The predicted octanol–water partition coefficient (Wildman–Crippen LogP) is 4.78. The highest BCUT2D eigenvalue weighted by molar-refractivity contribution is 9.10. The molecule has 0 spiro atoms. The zero-order valence-electron chi connectivity index (χ0n) is 22.7. The summed E-state index contributed by atoms with van der Waals surface area (Å²) in [5, 5.41) is 0.943. The molecule has 0 radical (unpaired) electrons. The third-order valence-electron chi connectivity index (χ3n) is 7.20. The summed E-state index contributed by atoms with van der Waals surface area (Å²) in [6, 6.07) is 11.5. The van der Waals surface area contributed by atoms with Gasteiger partial charge in [0.25, 0.3) is 5.91 Å². The minimum Gasteiger partial charge on any atom is -0.465 e. The first kappa shape index (κ1) is 26.8. The Morgan fingerprint density at radius 3 is 2.56 bits per heavy atom. The van der Waals surface area contributed by atoms with E-state index in [9.17, 15) is 9.59 Å². The number of nitrogens with zero attached hydrogens (tertiary/aromatic N) is 6. The number of methoxy groups -OCH3 is 1. The molecule has 1 aliphatic rings. The Morgan fingerprint density at radius 1 is 1.10 bits per heavy atom. The summed E-state index contributed by atoms with van der Waals surface area (Å²) in [5.74, 6) is 0.293. The lowest BCUT2D eigenvalue weighted by Gasteiger charge is -2.47. The Balaban J connectivity index is 1.39. The quantitative estimate of drug-likeness (QED) is 0.309. The maximum absolute atomic E-state index is 13.8. The lowest BCUT2D eigenvalue weighted by atomic mass is 9.97. The average molecular weight is 592 g/mol. The van der Waals surface area contributed by atoms with Crippen LogP contribution in [0.25, 0.3) is 11.0 Å². The minimum atomic E-state index is -0.479. The lowest BCUT2D eigenvalue weighted by Crippen LogP contribution is -2.61. The molecule has 5 heterocycles. The van der Waals surface area contributed by atoms with Crippen LogP contribution in [0.1, 0.15) is 51.6 Å². The molecule has 1 aliphatic heterocycles. The second kappa shape index (κ2) is 10.4. The molecule has 0 unspecified atom stereocenters. The number of piperazine rings is 1. The number of aryl methyl sites for hydroxylation is 2. The van der Waals surface area contributed by atoms with Gasteiger partial charge in [0.1, 0.15) is 17.2 Å². The van der Waals surface area contributed by atoms with Crippen molar-refractivity contribution < 1.29 is 14.3 Å². The van der Waals surface area contributed by atoms with Crippen molar-refractivity contribution in [1.29, 1.82) is 0 Å². The number of fused-ring (bicyclic) bond motifs is 1. The van der Waals surface area contributed by atoms with E-state index in [4.69, 9.17) is 14.7 Å². The number of carbonyl (C=O) groups is 2. The van der Waals surface area contributed by atoms with Crippen molar-refractivity contribution >= 4 is 44.7 Å². The monoisotopic (exact) mass is 590 g/mol. The molecule has 0 atom stereocenters. The number of esters is 1. The van der Waals surface area contributed by atoms with Crippen LogP contribution >= 0.6 is 15.9 Å². The summed E-state index contributed by atoms with van der Waals surface area (Å²) in [5.41, 5.74) is 3.52. The maximum Gasteiger partial charge on any atom is 0.339 e. The van der Waals surface area contributed by atoms with E-state index in [1.807, 2.05) is 59.8 Å². The van der Waals surface area contributed by atoms with Gasteiger partial charge in [-0.3, -0.25) is 9.78 Å². The van der Waals surface area contributed by atoms with Gasteiger partial charge in [-0.05, 0) is 79.5 Å². The van der Waals surface area contributed by atoms with E-state index < -0.39 is 5.54 Å². The molecule has 0 bridgehead atoms. The summed E-state index contributed by atoms with van der Waals surface area (Å²) in [7, 11) is 1.37. The van der Waals surface area contributed by atoms with E-state index in [-0.39, 0.29) is 11.9 Å². The molecule has 0 saturated carbocycles. The Labute approximate surface area is 236 Å². The van der Waals surface area contributed by atoms with Crippen LogP contribution in [0.3, 0.4) is 0 Å². The Kier molecular flexibility index (Phi) is 7.15. The zero-order valence-corrected chi connectivity index (χ0v) is 24.3. The molecule has 5 rings (SSSR count). The molecule has 202 valence electrons. The average Bonchev–Trinajstić information content (AvgIpc) is 3.21. The van der Waals surface area contributed by atoms with Gasteiger partial charge in [-0.25, -0.2) is 14.8 Å². The van der Waals surface area contributed by atoms with Crippen molar-refractivity contribution in [3.8, 4) is 0 Å². The summed E-state index contributed by atoms with van der Waals surface area (Å²) >= 11 is 3.63. The first-order valence-corrected chi connectivity index (χ1v) is 13.6. The summed E-state index contributed by atoms with van der Waals surface area (Å²) in [6.07, 6.45) is 3.75. The van der Waals surface area contributed by atoms with Crippen LogP contribution in [0.15, 0.2) is 53.3 Å². The highest BCUT2D eigenvalue weighted by Gasteiger charge is 2.38. The first-order valence-electron chi connectivity index (χ1n) is 12.8. The molecule has 1 saturated heterocycles. The molecule has 4 aromatic heterocycles. The second-order valence-electron chi connectivity index (χ2n) is 10.4. The largest absolute Gasteiger partial charge is 0.465 e. The van der Waals surface area contributed by atoms with Crippen molar-refractivity contribution in [2.45, 2.75) is 39.8 Å². The van der Waals surface area contributed by atoms with Gasteiger partial charge in [0.15, 0.2) is 0 Å². The number of hydrogen-bond donors (Lipinski definition) is 0. The van der Waals surface area contributed by atoms with E-state index in [1.54, 1.807) is 12.3 Å². The van der Waals surface area contributed by atoms with Gasteiger partial charge in [0.2, 0.25) is 0 Å². The highest BCUT2D eigenvalue weighted by Crippen LogP contribution is 2.30. The molecular weight excluding hydrogens is 560 g/mol. The zero-order chi connectivity index (χ0) is 27.9. The van der Waals surface area contributed by atoms with Gasteiger partial charge in [0.05, 0.1) is 36.1 Å². The van der Waals surface area contributed by atoms with Crippen molar-refractivity contribution in [3.63, 3.8) is 0 Å². The van der Waals surface area contributed by atoms with Crippen LogP contribution in [0.5, 0.6) is 0 Å². The fourth-order valence-electron chi connectivity index (χ4n) is 5.28. The van der Waals surface area contributed by atoms with E-state index in [2.05, 4.69) is 39.7 Å². The van der Waals surface area contributed by atoms with Crippen LogP contribution in [0, 0.1) is 13.8 Å². The number of carbonyl (C=O) groups excluding carboxylic acids is 2. The summed E-state index contributed by atoms with van der Waals surface area (Å²) in [6.45, 7) is 10.1. The van der Waals surface area contributed by atoms with Crippen LogP contribution in [-0.4, -0.2) is 68.6 Å². The number of hydrogen-bond acceptors (Lipinski definition) is 7. The molecule has 9 nitrogen and oxygen atoms in total. The van der Waals surface area contributed by atoms with Gasteiger partial charge >= 0.3 is 5.97 Å². The Morgan fingerprint density at radius 2 is 1.90 bits per heavy atom. The van der Waals surface area contributed by atoms with Gasteiger partial charge in [0, 0.05) is 41.9 Å². The third kappa shape index (κ3) is 5.13. The smallest absolute Gasteiger partial charge is 0.339 e. The number of amides is 1. The summed E-state index contributed by atoms with van der Waals surface area (Å²) < 4.78 is 7.85. The molecular formula is C29H31BrN6O3. The first-order chi connectivity index (χ1) is 18.6. The van der Waals surface area contributed by atoms with Crippen molar-refractivity contribution in [3.05, 3.63) is 81.5 Å². The molecule has 1 fully saturated rings. The van der Waals surface area contributed by atoms with Crippen LogP contribution in [0.2, 0.25) is 0 Å². The Hall–Kier alpha value is -3.79. The number of pyridine rings is 3. The lowest BCUT2D eigenvalue weighted by molar-refractivity contribution is 0.0506.